The van der Waals surface area contributed by atoms with Gasteiger partial charge in [0, 0.05) is 10.7 Å². The molecule has 0 saturated carbocycles. The Morgan fingerprint density at radius 3 is 2.73 bits per heavy atom. The molecule has 82 valence electrons. The molecule has 0 spiro atoms. The maximum Gasteiger partial charge on any atom is 0.338 e. The van der Waals surface area contributed by atoms with Gasteiger partial charge < -0.3 is 9.47 Å². The summed E-state index contributed by atoms with van der Waals surface area (Å²) < 4.78 is 11.0. The molecule has 0 radical (unpaired) electrons. The molecule has 0 unspecified atom stereocenters. The van der Waals surface area contributed by atoms with Crippen LogP contribution in [0.2, 0.25) is 0 Å². The summed E-state index contributed by atoms with van der Waals surface area (Å²) in [6.07, 6.45) is 0. The van der Waals surface area contributed by atoms with Crippen molar-refractivity contribution in [2.24, 2.45) is 0 Å². The van der Waals surface area contributed by atoms with Crippen molar-refractivity contribution in [2.75, 3.05) is 13.7 Å². The Labute approximate surface area is 103 Å². The van der Waals surface area contributed by atoms with Gasteiger partial charge in [-0.3, -0.25) is 0 Å². The number of hydrogen-bond donors (Lipinski definition) is 0. The van der Waals surface area contributed by atoms with Crippen LogP contribution in [0.4, 0.5) is 0 Å². The maximum atomic E-state index is 11.4. The highest BCUT2D eigenvalue weighted by atomic mass is 127. The van der Waals surface area contributed by atoms with Crippen LogP contribution in [0, 0.1) is 3.57 Å². The van der Waals surface area contributed by atoms with Crippen LogP contribution in [0.1, 0.15) is 22.8 Å². The van der Waals surface area contributed by atoms with Gasteiger partial charge in [-0.2, -0.15) is 0 Å². The third-order valence-corrected chi connectivity index (χ3v) is 2.87. The summed E-state index contributed by atoms with van der Waals surface area (Å²) in [5.41, 5.74) is 1.66. The average Bonchev–Trinajstić information content (AvgIpc) is 2.21. The van der Waals surface area contributed by atoms with Gasteiger partial charge in [-0.25, -0.2) is 4.79 Å². The molecular formula is C11H13IO3. The van der Waals surface area contributed by atoms with Gasteiger partial charge in [-0.1, -0.05) is 6.07 Å². The van der Waals surface area contributed by atoms with Crippen LogP contribution in [0.15, 0.2) is 18.2 Å². The molecule has 0 bridgehead atoms. The monoisotopic (exact) mass is 320 g/mol. The SMILES string of the molecule is CCOC(=O)c1ccc(COC)c(I)c1. The van der Waals surface area contributed by atoms with E-state index in [9.17, 15) is 4.79 Å². The van der Waals surface area contributed by atoms with Crippen LogP contribution in [0.3, 0.4) is 0 Å². The number of benzene rings is 1. The van der Waals surface area contributed by atoms with Gasteiger partial charge in [0.25, 0.3) is 0 Å². The topological polar surface area (TPSA) is 35.5 Å². The zero-order chi connectivity index (χ0) is 11.3. The number of carbonyl (C=O) groups excluding carboxylic acids is 1. The summed E-state index contributed by atoms with van der Waals surface area (Å²) in [6.45, 7) is 2.75. The molecule has 0 N–H and O–H groups in total. The Hall–Kier alpha value is -0.620. The Morgan fingerprint density at radius 1 is 1.47 bits per heavy atom. The molecule has 1 aromatic rings. The molecule has 0 aliphatic heterocycles. The number of hydrogen-bond acceptors (Lipinski definition) is 3. The van der Waals surface area contributed by atoms with Gasteiger partial charge in [-0.15, -0.1) is 0 Å². The van der Waals surface area contributed by atoms with Crippen molar-refractivity contribution in [1.29, 1.82) is 0 Å². The van der Waals surface area contributed by atoms with E-state index >= 15 is 0 Å². The molecule has 0 fully saturated rings. The quantitative estimate of drug-likeness (QED) is 0.632. The van der Waals surface area contributed by atoms with Gasteiger partial charge in [0.2, 0.25) is 0 Å². The lowest BCUT2D eigenvalue weighted by molar-refractivity contribution is 0.0526. The molecule has 0 saturated heterocycles. The van der Waals surface area contributed by atoms with E-state index in [2.05, 4.69) is 22.6 Å². The lowest BCUT2D eigenvalue weighted by atomic mass is 10.1. The molecule has 0 aliphatic rings. The van der Waals surface area contributed by atoms with E-state index in [1.807, 2.05) is 12.1 Å². The normalized spacial score (nSPS) is 10.1. The first-order valence-corrected chi connectivity index (χ1v) is 5.71. The number of rotatable bonds is 4. The molecule has 1 rings (SSSR count). The molecule has 0 aliphatic carbocycles. The summed E-state index contributed by atoms with van der Waals surface area (Å²) >= 11 is 2.18. The van der Waals surface area contributed by atoms with E-state index in [0.717, 1.165) is 9.13 Å². The molecular weight excluding hydrogens is 307 g/mol. The first kappa shape index (κ1) is 12.4. The molecule has 0 atom stereocenters. The minimum absolute atomic E-state index is 0.278. The highest BCUT2D eigenvalue weighted by molar-refractivity contribution is 14.1. The van der Waals surface area contributed by atoms with Gasteiger partial charge in [-0.05, 0) is 47.2 Å². The van der Waals surface area contributed by atoms with Crippen molar-refractivity contribution in [2.45, 2.75) is 13.5 Å². The summed E-state index contributed by atoms with van der Waals surface area (Å²) in [5, 5.41) is 0. The fraction of sp³-hybridized carbons (Fsp3) is 0.364. The van der Waals surface area contributed by atoms with E-state index in [1.54, 1.807) is 20.1 Å². The zero-order valence-electron chi connectivity index (χ0n) is 8.75. The minimum Gasteiger partial charge on any atom is -0.462 e. The van der Waals surface area contributed by atoms with Crippen LogP contribution in [0.5, 0.6) is 0 Å². The van der Waals surface area contributed by atoms with Crippen molar-refractivity contribution in [3.05, 3.63) is 32.9 Å². The second kappa shape index (κ2) is 6.07. The maximum absolute atomic E-state index is 11.4. The van der Waals surface area contributed by atoms with E-state index in [0.29, 0.717) is 18.8 Å². The molecule has 1 aromatic carbocycles. The van der Waals surface area contributed by atoms with Crippen LogP contribution < -0.4 is 0 Å². The van der Waals surface area contributed by atoms with Crippen LogP contribution >= 0.6 is 22.6 Å². The summed E-state index contributed by atoms with van der Waals surface area (Å²) in [5.74, 6) is -0.278. The fourth-order valence-corrected chi connectivity index (χ4v) is 1.83. The van der Waals surface area contributed by atoms with Crippen LogP contribution in [-0.2, 0) is 16.1 Å². The average molecular weight is 320 g/mol. The van der Waals surface area contributed by atoms with Crippen molar-refractivity contribution < 1.29 is 14.3 Å². The van der Waals surface area contributed by atoms with Gasteiger partial charge in [0.05, 0.1) is 18.8 Å². The largest absolute Gasteiger partial charge is 0.462 e. The second-order valence-corrected chi connectivity index (χ2v) is 4.12. The van der Waals surface area contributed by atoms with E-state index in [-0.39, 0.29) is 5.97 Å². The zero-order valence-corrected chi connectivity index (χ0v) is 10.9. The van der Waals surface area contributed by atoms with E-state index in [4.69, 9.17) is 9.47 Å². The number of halogens is 1. The number of methoxy groups -OCH3 is 1. The standard InChI is InChI=1S/C11H13IO3/c1-3-15-11(13)8-4-5-9(7-14-2)10(12)6-8/h4-6H,3,7H2,1-2H3. The Balaban J connectivity index is 2.86. The predicted octanol–water partition coefficient (Wildman–Crippen LogP) is 2.61. The van der Waals surface area contributed by atoms with Crippen LogP contribution in [-0.4, -0.2) is 19.7 Å². The number of carbonyl (C=O) groups is 1. The minimum atomic E-state index is -0.278. The van der Waals surface area contributed by atoms with Crippen molar-refractivity contribution >= 4 is 28.6 Å². The highest BCUT2D eigenvalue weighted by Crippen LogP contribution is 2.16. The van der Waals surface area contributed by atoms with Crippen molar-refractivity contribution in [3.8, 4) is 0 Å². The number of ether oxygens (including phenoxy) is 2. The second-order valence-electron chi connectivity index (χ2n) is 2.96. The Morgan fingerprint density at radius 2 is 2.20 bits per heavy atom. The molecule has 0 amide bonds. The summed E-state index contributed by atoms with van der Waals surface area (Å²) in [7, 11) is 1.65. The smallest absolute Gasteiger partial charge is 0.338 e. The lowest BCUT2D eigenvalue weighted by Crippen LogP contribution is -2.05. The summed E-state index contributed by atoms with van der Waals surface area (Å²) in [6, 6.07) is 5.46. The molecule has 0 aromatic heterocycles. The summed E-state index contributed by atoms with van der Waals surface area (Å²) in [4.78, 5) is 11.4. The molecule has 0 heterocycles. The van der Waals surface area contributed by atoms with Crippen molar-refractivity contribution in [1.82, 2.24) is 0 Å². The van der Waals surface area contributed by atoms with Gasteiger partial charge >= 0.3 is 5.97 Å². The lowest BCUT2D eigenvalue weighted by Gasteiger charge is -2.06. The third kappa shape index (κ3) is 3.46. The van der Waals surface area contributed by atoms with E-state index in [1.165, 1.54) is 0 Å². The Kier molecular flexibility index (Phi) is 5.04. The van der Waals surface area contributed by atoms with E-state index < -0.39 is 0 Å². The van der Waals surface area contributed by atoms with Gasteiger partial charge in [0.15, 0.2) is 0 Å². The third-order valence-electron chi connectivity index (χ3n) is 1.86. The predicted molar refractivity (Wildman–Crippen MR) is 65.8 cm³/mol. The molecule has 4 heteroatoms. The Bertz CT molecular complexity index is 350. The van der Waals surface area contributed by atoms with Crippen LogP contribution in [0.25, 0.3) is 0 Å². The van der Waals surface area contributed by atoms with Gasteiger partial charge in [0.1, 0.15) is 0 Å². The fourth-order valence-electron chi connectivity index (χ4n) is 1.16. The first-order chi connectivity index (χ1) is 7.19. The number of esters is 1. The highest BCUT2D eigenvalue weighted by Gasteiger charge is 2.08. The van der Waals surface area contributed by atoms with Crippen molar-refractivity contribution in [3.63, 3.8) is 0 Å². The molecule has 3 nitrogen and oxygen atoms in total. The molecule has 15 heavy (non-hydrogen) atoms. The first-order valence-electron chi connectivity index (χ1n) is 4.63.